The second kappa shape index (κ2) is 6.70. The molecule has 0 spiro atoms. The van der Waals surface area contributed by atoms with Crippen molar-refractivity contribution in [3.05, 3.63) is 29.8 Å². The van der Waals surface area contributed by atoms with E-state index in [1.807, 2.05) is 13.0 Å². The van der Waals surface area contributed by atoms with Crippen LogP contribution in [0.4, 0.5) is 0 Å². The molecule has 0 bridgehead atoms. The number of hydrogen-bond donors (Lipinski definition) is 0. The third kappa shape index (κ3) is 3.81. The van der Waals surface area contributed by atoms with E-state index in [1.54, 1.807) is 25.2 Å². The first kappa shape index (κ1) is 15.5. The van der Waals surface area contributed by atoms with E-state index in [4.69, 9.17) is 0 Å². The summed E-state index contributed by atoms with van der Waals surface area (Å²) in [5.41, 5.74) is 0.968. The molecule has 0 atom stereocenters. The summed E-state index contributed by atoms with van der Waals surface area (Å²) in [6.07, 6.45) is 3.76. The Bertz CT molecular complexity index is 537. The number of rotatable bonds is 5. The third-order valence-corrected chi connectivity index (χ3v) is 5.73. The van der Waals surface area contributed by atoms with Crippen LogP contribution < -0.4 is 0 Å². The predicted octanol–water partition coefficient (Wildman–Crippen LogP) is 2.10. The van der Waals surface area contributed by atoms with Crippen LogP contribution in [0.5, 0.6) is 0 Å². The molecule has 112 valence electrons. The van der Waals surface area contributed by atoms with Gasteiger partial charge in [-0.3, -0.25) is 0 Å². The van der Waals surface area contributed by atoms with Gasteiger partial charge in [0.05, 0.1) is 4.90 Å². The summed E-state index contributed by atoms with van der Waals surface area (Å²) in [5, 5.41) is 0. The zero-order valence-electron chi connectivity index (χ0n) is 12.4. The SMILES string of the molecule is Cc1cccc(S(=O)(=O)N(C)CCN2CCCCC2)c1. The van der Waals surface area contributed by atoms with Crippen molar-refractivity contribution < 1.29 is 8.42 Å². The second-order valence-electron chi connectivity index (χ2n) is 5.55. The van der Waals surface area contributed by atoms with Crippen molar-refractivity contribution in [1.29, 1.82) is 0 Å². The first-order valence-corrected chi connectivity index (χ1v) is 8.69. The van der Waals surface area contributed by atoms with Crippen LogP contribution in [0.1, 0.15) is 24.8 Å². The van der Waals surface area contributed by atoms with Gasteiger partial charge in [-0.05, 0) is 50.6 Å². The van der Waals surface area contributed by atoms with Crippen molar-refractivity contribution in [2.24, 2.45) is 0 Å². The van der Waals surface area contributed by atoms with E-state index in [1.165, 1.54) is 23.6 Å². The van der Waals surface area contributed by atoms with Gasteiger partial charge in [0.1, 0.15) is 0 Å². The number of piperidine rings is 1. The molecule has 0 aliphatic carbocycles. The summed E-state index contributed by atoms with van der Waals surface area (Å²) in [6.45, 7) is 5.47. The quantitative estimate of drug-likeness (QED) is 0.835. The van der Waals surface area contributed by atoms with Gasteiger partial charge in [-0.15, -0.1) is 0 Å². The van der Waals surface area contributed by atoms with Crippen molar-refractivity contribution in [3.8, 4) is 0 Å². The minimum Gasteiger partial charge on any atom is -0.302 e. The van der Waals surface area contributed by atoms with Crippen molar-refractivity contribution in [3.63, 3.8) is 0 Å². The Labute approximate surface area is 122 Å². The Kier molecular flexibility index (Phi) is 5.18. The molecule has 0 unspecified atom stereocenters. The molecule has 2 rings (SSSR count). The van der Waals surface area contributed by atoms with E-state index < -0.39 is 10.0 Å². The van der Waals surface area contributed by atoms with Gasteiger partial charge in [0.25, 0.3) is 0 Å². The molecule has 0 saturated carbocycles. The molecular formula is C15H24N2O2S. The summed E-state index contributed by atoms with van der Waals surface area (Å²) in [7, 11) is -1.69. The molecule has 1 fully saturated rings. The molecule has 0 radical (unpaired) electrons. The lowest BCUT2D eigenvalue weighted by molar-refractivity contribution is 0.218. The summed E-state index contributed by atoms with van der Waals surface area (Å²) in [5.74, 6) is 0. The number of aryl methyl sites for hydroxylation is 1. The minimum absolute atomic E-state index is 0.388. The molecule has 1 aliphatic rings. The number of sulfonamides is 1. The van der Waals surface area contributed by atoms with Crippen LogP contribution in [-0.2, 0) is 10.0 Å². The maximum absolute atomic E-state index is 12.5. The molecule has 1 heterocycles. The fourth-order valence-electron chi connectivity index (χ4n) is 2.54. The zero-order valence-corrected chi connectivity index (χ0v) is 13.2. The molecular weight excluding hydrogens is 272 g/mol. The van der Waals surface area contributed by atoms with Crippen LogP contribution in [0.2, 0.25) is 0 Å². The van der Waals surface area contributed by atoms with E-state index in [2.05, 4.69) is 4.90 Å². The van der Waals surface area contributed by atoms with Crippen molar-refractivity contribution in [1.82, 2.24) is 9.21 Å². The summed E-state index contributed by atoms with van der Waals surface area (Å²) >= 11 is 0. The molecule has 0 aromatic heterocycles. The Balaban J connectivity index is 1.98. The Morgan fingerprint density at radius 3 is 2.55 bits per heavy atom. The highest BCUT2D eigenvalue weighted by Crippen LogP contribution is 2.16. The van der Waals surface area contributed by atoms with E-state index in [0.717, 1.165) is 25.2 Å². The monoisotopic (exact) mass is 296 g/mol. The van der Waals surface area contributed by atoms with E-state index in [0.29, 0.717) is 11.4 Å². The largest absolute Gasteiger partial charge is 0.302 e. The van der Waals surface area contributed by atoms with Crippen molar-refractivity contribution in [2.45, 2.75) is 31.1 Å². The lowest BCUT2D eigenvalue weighted by Gasteiger charge is -2.28. The van der Waals surface area contributed by atoms with Gasteiger partial charge in [0, 0.05) is 20.1 Å². The fraction of sp³-hybridized carbons (Fsp3) is 0.600. The van der Waals surface area contributed by atoms with Crippen LogP contribution in [0.25, 0.3) is 0 Å². The summed E-state index contributed by atoms with van der Waals surface area (Å²) in [6, 6.07) is 7.10. The van der Waals surface area contributed by atoms with Gasteiger partial charge in [0.2, 0.25) is 10.0 Å². The molecule has 0 N–H and O–H groups in total. The van der Waals surface area contributed by atoms with Gasteiger partial charge in [-0.2, -0.15) is 4.31 Å². The maximum atomic E-state index is 12.5. The molecule has 1 aromatic rings. The standard InChI is InChI=1S/C15H24N2O2S/c1-14-7-6-8-15(13-14)20(18,19)16(2)11-12-17-9-4-3-5-10-17/h6-8,13H,3-5,9-12H2,1-2H3. The average Bonchev–Trinajstić information content (AvgIpc) is 2.45. The first-order chi connectivity index (χ1) is 9.50. The maximum Gasteiger partial charge on any atom is 0.242 e. The van der Waals surface area contributed by atoms with E-state index in [9.17, 15) is 8.42 Å². The lowest BCUT2D eigenvalue weighted by Crippen LogP contribution is -2.38. The topological polar surface area (TPSA) is 40.6 Å². The van der Waals surface area contributed by atoms with Gasteiger partial charge < -0.3 is 4.90 Å². The predicted molar refractivity (Wildman–Crippen MR) is 81.3 cm³/mol. The van der Waals surface area contributed by atoms with Gasteiger partial charge >= 0.3 is 0 Å². The number of nitrogens with zero attached hydrogens (tertiary/aromatic N) is 2. The van der Waals surface area contributed by atoms with Crippen molar-refractivity contribution in [2.75, 3.05) is 33.2 Å². The molecule has 5 heteroatoms. The number of hydrogen-bond acceptors (Lipinski definition) is 3. The van der Waals surface area contributed by atoms with Crippen LogP contribution in [-0.4, -0.2) is 50.8 Å². The molecule has 1 saturated heterocycles. The smallest absolute Gasteiger partial charge is 0.242 e. The van der Waals surface area contributed by atoms with Crippen LogP contribution in [0.3, 0.4) is 0 Å². The van der Waals surface area contributed by atoms with E-state index >= 15 is 0 Å². The number of benzene rings is 1. The Morgan fingerprint density at radius 2 is 1.90 bits per heavy atom. The third-order valence-electron chi connectivity index (χ3n) is 3.88. The molecule has 20 heavy (non-hydrogen) atoms. The molecule has 4 nitrogen and oxygen atoms in total. The highest BCUT2D eigenvalue weighted by molar-refractivity contribution is 7.89. The minimum atomic E-state index is -3.36. The zero-order chi connectivity index (χ0) is 14.6. The second-order valence-corrected chi connectivity index (χ2v) is 7.59. The highest BCUT2D eigenvalue weighted by Gasteiger charge is 2.21. The molecule has 1 aliphatic heterocycles. The van der Waals surface area contributed by atoms with Gasteiger partial charge in [-0.1, -0.05) is 18.6 Å². The molecule has 1 aromatic carbocycles. The fourth-order valence-corrected chi connectivity index (χ4v) is 3.81. The van der Waals surface area contributed by atoms with Gasteiger partial charge in [-0.25, -0.2) is 8.42 Å². The highest BCUT2D eigenvalue weighted by atomic mass is 32.2. The number of likely N-dealkylation sites (N-methyl/N-ethyl adjacent to an activating group) is 1. The number of likely N-dealkylation sites (tertiary alicyclic amines) is 1. The average molecular weight is 296 g/mol. The van der Waals surface area contributed by atoms with Crippen LogP contribution >= 0.6 is 0 Å². The lowest BCUT2D eigenvalue weighted by atomic mass is 10.1. The normalized spacial score (nSPS) is 17.6. The van der Waals surface area contributed by atoms with Crippen LogP contribution in [0.15, 0.2) is 29.2 Å². The Morgan fingerprint density at radius 1 is 1.20 bits per heavy atom. The molecule has 0 amide bonds. The van der Waals surface area contributed by atoms with E-state index in [-0.39, 0.29) is 0 Å². The Hall–Kier alpha value is -0.910. The van der Waals surface area contributed by atoms with Crippen LogP contribution in [0, 0.1) is 6.92 Å². The van der Waals surface area contributed by atoms with Gasteiger partial charge in [0.15, 0.2) is 0 Å². The summed E-state index contributed by atoms with van der Waals surface area (Å²) < 4.78 is 26.4. The first-order valence-electron chi connectivity index (χ1n) is 7.25. The van der Waals surface area contributed by atoms with Crippen molar-refractivity contribution >= 4 is 10.0 Å². The summed E-state index contributed by atoms with van der Waals surface area (Å²) in [4.78, 5) is 2.74.